The molecular formula is C11H13Cl2N3O3. The van der Waals surface area contributed by atoms with E-state index in [4.69, 9.17) is 23.2 Å². The van der Waals surface area contributed by atoms with E-state index < -0.39 is 4.92 Å². The van der Waals surface area contributed by atoms with E-state index in [0.29, 0.717) is 6.54 Å². The molecule has 0 fully saturated rings. The summed E-state index contributed by atoms with van der Waals surface area (Å²) in [5, 5.41) is 13.9. The van der Waals surface area contributed by atoms with Crippen LogP contribution in [0.3, 0.4) is 0 Å². The van der Waals surface area contributed by atoms with E-state index in [9.17, 15) is 14.9 Å². The van der Waals surface area contributed by atoms with Crippen LogP contribution in [0.1, 0.15) is 6.92 Å². The number of nitro benzene ring substituents is 1. The monoisotopic (exact) mass is 305 g/mol. The average molecular weight is 306 g/mol. The average Bonchev–Trinajstić information content (AvgIpc) is 2.37. The maximum Gasteiger partial charge on any atom is 0.293 e. The number of nitrogens with zero attached hydrogens (tertiary/aromatic N) is 2. The minimum Gasteiger partial charge on any atom is -0.371 e. The molecule has 19 heavy (non-hydrogen) atoms. The van der Waals surface area contributed by atoms with Crippen LogP contribution in [0.5, 0.6) is 0 Å². The Hall–Kier alpha value is -1.53. The molecule has 0 saturated heterocycles. The van der Waals surface area contributed by atoms with Gasteiger partial charge in [-0.2, -0.15) is 0 Å². The first-order chi connectivity index (χ1) is 8.86. The van der Waals surface area contributed by atoms with Crippen LogP contribution >= 0.6 is 23.2 Å². The van der Waals surface area contributed by atoms with E-state index in [-0.39, 0.29) is 33.9 Å². The van der Waals surface area contributed by atoms with Crippen LogP contribution < -0.4 is 5.32 Å². The van der Waals surface area contributed by atoms with Crippen LogP contribution in [0.15, 0.2) is 12.1 Å². The smallest absolute Gasteiger partial charge is 0.293 e. The van der Waals surface area contributed by atoms with E-state index >= 15 is 0 Å². The molecule has 0 aliphatic rings. The molecule has 1 rings (SSSR count). The second-order valence-corrected chi connectivity index (χ2v) is 4.62. The van der Waals surface area contributed by atoms with Crippen molar-refractivity contribution < 1.29 is 9.72 Å². The molecule has 1 amide bonds. The summed E-state index contributed by atoms with van der Waals surface area (Å²) in [4.78, 5) is 23.4. The largest absolute Gasteiger partial charge is 0.371 e. The third kappa shape index (κ3) is 3.97. The predicted molar refractivity (Wildman–Crippen MR) is 74.9 cm³/mol. The summed E-state index contributed by atoms with van der Waals surface area (Å²) >= 11 is 11.5. The number of anilines is 1. The van der Waals surface area contributed by atoms with Crippen LogP contribution in [-0.4, -0.2) is 35.9 Å². The van der Waals surface area contributed by atoms with Crippen molar-refractivity contribution in [3.8, 4) is 0 Å². The summed E-state index contributed by atoms with van der Waals surface area (Å²) in [6.07, 6.45) is 0. The number of benzene rings is 1. The highest BCUT2D eigenvalue weighted by molar-refractivity contribution is 6.42. The minimum atomic E-state index is -0.585. The summed E-state index contributed by atoms with van der Waals surface area (Å²) in [5.74, 6) is -0.178. The fraction of sp³-hybridized carbons (Fsp3) is 0.364. The van der Waals surface area contributed by atoms with Gasteiger partial charge < -0.3 is 10.2 Å². The minimum absolute atomic E-state index is 0.0524. The van der Waals surface area contributed by atoms with Gasteiger partial charge in [-0.3, -0.25) is 14.9 Å². The fourth-order valence-electron chi connectivity index (χ4n) is 1.31. The van der Waals surface area contributed by atoms with Crippen molar-refractivity contribution in [1.29, 1.82) is 0 Å². The lowest BCUT2D eigenvalue weighted by atomic mass is 10.2. The lowest BCUT2D eigenvalue weighted by Crippen LogP contribution is -2.32. The summed E-state index contributed by atoms with van der Waals surface area (Å²) in [7, 11) is 1.65. The quantitative estimate of drug-likeness (QED) is 0.670. The summed E-state index contributed by atoms with van der Waals surface area (Å²) in [6.45, 7) is 2.34. The molecule has 1 N–H and O–H groups in total. The molecule has 0 heterocycles. The topological polar surface area (TPSA) is 75.5 Å². The molecule has 0 atom stereocenters. The Morgan fingerprint density at radius 1 is 1.42 bits per heavy atom. The first-order valence-corrected chi connectivity index (χ1v) is 6.23. The van der Waals surface area contributed by atoms with Crippen molar-refractivity contribution in [2.24, 2.45) is 0 Å². The molecular weight excluding hydrogens is 293 g/mol. The van der Waals surface area contributed by atoms with Gasteiger partial charge in [0.05, 0.1) is 21.5 Å². The maximum absolute atomic E-state index is 11.6. The molecule has 1 aromatic rings. The van der Waals surface area contributed by atoms with E-state index in [1.807, 2.05) is 6.92 Å². The van der Waals surface area contributed by atoms with Crippen molar-refractivity contribution in [3.05, 3.63) is 32.3 Å². The van der Waals surface area contributed by atoms with Crippen LogP contribution in [0.2, 0.25) is 10.0 Å². The normalized spacial score (nSPS) is 10.1. The van der Waals surface area contributed by atoms with Crippen LogP contribution in [0.4, 0.5) is 11.4 Å². The van der Waals surface area contributed by atoms with E-state index in [2.05, 4.69) is 5.32 Å². The Morgan fingerprint density at radius 3 is 2.53 bits per heavy atom. The van der Waals surface area contributed by atoms with Gasteiger partial charge in [-0.1, -0.05) is 23.2 Å². The number of hydrogen-bond donors (Lipinski definition) is 1. The number of halogens is 2. The van der Waals surface area contributed by atoms with Crippen molar-refractivity contribution in [2.45, 2.75) is 6.92 Å². The zero-order valence-corrected chi connectivity index (χ0v) is 12.0. The van der Waals surface area contributed by atoms with Gasteiger partial charge in [-0.25, -0.2) is 0 Å². The molecule has 0 saturated carbocycles. The second kappa shape index (κ2) is 6.58. The highest BCUT2D eigenvalue weighted by atomic mass is 35.5. The molecule has 0 bridgehead atoms. The van der Waals surface area contributed by atoms with Gasteiger partial charge in [0.25, 0.3) is 5.69 Å². The first-order valence-electron chi connectivity index (χ1n) is 5.48. The number of nitro groups is 1. The molecule has 0 radical (unpaired) electrons. The zero-order valence-electron chi connectivity index (χ0n) is 10.4. The van der Waals surface area contributed by atoms with Gasteiger partial charge in [0.1, 0.15) is 5.69 Å². The summed E-state index contributed by atoms with van der Waals surface area (Å²) < 4.78 is 0. The molecule has 0 unspecified atom stereocenters. The molecule has 0 aliphatic carbocycles. The van der Waals surface area contributed by atoms with E-state index in [1.54, 1.807) is 7.05 Å². The third-order valence-corrected chi connectivity index (χ3v) is 3.29. The number of hydrogen-bond acceptors (Lipinski definition) is 4. The molecule has 6 nitrogen and oxygen atoms in total. The standard InChI is InChI=1S/C11H13Cl2N3O3/c1-3-15(2)11(17)6-14-9-4-7(12)8(13)5-10(9)16(18)19/h4-5,14H,3,6H2,1-2H3. The highest BCUT2D eigenvalue weighted by Gasteiger charge is 2.18. The zero-order chi connectivity index (χ0) is 14.6. The van der Waals surface area contributed by atoms with Gasteiger partial charge in [-0.15, -0.1) is 0 Å². The number of rotatable bonds is 5. The number of carbonyl (C=O) groups is 1. The van der Waals surface area contributed by atoms with Crippen molar-refractivity contribution >= 4 is 40.5 Å². The first kappa shape index (κ1) is 15.5. The lowest BCUT2D eigenvalue weighted by Gasteiger charge is -2.15. The Kier molecular flexibility index (Phi) is 5.38. The van der Waals surface area contributed by atoms with Gasteiger partial charge in [0, 0.05) is 19.7 Å². The van der Waals surface area contributed by atoms with Crippen LogP contribution in [0, 0.1) is 10.1 Å². The fourth-order valence-corrected chi connectivity index (χ4v) is 1.63. The molecule has 1 aromatic carbocycles. The Morgan fingerprint density at radius 2 is 2.00 bits per heavy atom. The Balaban J connectivity index is 2.91. The van der Waals surface area contributed by atoms with Gasteiger partial charge in [0.15, 0.2) is 0 Å². The van der Waals surface area contributed by atoms with Crippen LogP contribution in [0.25, 0.3) is 0 Å². The number of carbonyl (C=O) groups excluding carboxylic acids is 1. The number of amides is 1. The van der Waals surface area contributed by atoms with Gasteiger partial charge in [-0.05, 0) is 13.0 Å². The SMILES string of the molecule is CCN(C)C(=O)CNc1cc(Cl)c(Cl)cc1[N+](=O)[O-]. The molecule has 0 aliphatic heterocycles. The summed E-state index contributed by atoms with van der Waals surface area (Å²) in [6, 6.07) is 2.49. The van der Waals surface area contributed by atoms with E-state index in [1.165, 1.54) is 11.0 Å². The molecule has 0 spiro atoms. The molecule has 8 heteroatoms. The van der Waals surface area contributed by atoms with Crippen molar-refractivity contribution in [2.75, 3.05) is 25.5 Å². The number of likely N-dealkylation sites (N-methyl/N-ethyl adjacent to an activating group) is 1. The lowest BCUT2D eigenvalue weighted by molar-refractivity contribution is -0.383. The third-order valence-electron chi connectivity index (χ3n) is 2.57. The van der Waals surface area contributed by atoms with Crippen molar-refractivity contribution in [1.82, 2.24) is 4.90 Å². The van der Waals surface area contributed by atoms with Crippen molar-refractivity contribution in [3.63, 3.8) is 0 Å². The van der Waals surface area contributed by atoms with Crippen LogP contribution in [-0.2, 0) is 4.79 Å². The van der Waals surface area contributed by atoms with Gasteiger partial charge >= 0.3 is 0 Å². The molecule has 0 aromatic heterocycles. The highest BCUT2D eigenvalue weighted by Crippen LogP contribution is 2.33. The predicted octanol–water partition coefficient (Wildman–Crippen LogP) is 2.79. The molecule has 104 valence electrons. The number of nitrogens with one attached hydrogen (secondary N) is 1. The van der Waals surface area contributed by atoms with Gasteiger partial charge in [0.2, 0.25) is 5.91 Å². The van der Waals surface area contributed by atoms with E-state index in [0.717, 1.165) is 6.07 Å². The Labute approximate surface area is 120 Å². The maximum atomic E-state index is 11.6. The second-order valence-electron chi connectivity index (χ2n) is 3.80. The Bertz CT molecular complexity index is 508. The summed E-state index contributed by atoms with van der Waals surface area (Å²) in [5.41, 5.74) is -0.0568.